The highest BCUT2D eigenvalue weighted by Crippen LogP contribution is 2.25. The predicted molar refractivity (Wildman–Crippen MR) is 71.3 cm³/mol. The second-order valence-electron chi connectivity index (χ2n) is 4.38. The van der Waals surface area contributed by atoms with E-state index in [1.165, 1.54) is 0 Å². The minimum absolute atomic E-state index is 0.0163. The Morgan fingerprint density at radius 2 is 1.21 bits per heavy atom. The van der Waals surface area contributed by atoms with E-state index in [1.54, 1.807) is 0 Å². The van der Waals surface area contributed by atoms with Crippen molar-refractivity contribution < 1.29 is 14.9 Å². The monoisotopic (exact) mass is 274 g/mol. The SMILES string of the molecule is NC(N)=NCC[C@H]1O[C@H](CCN=C(N)N)[C@@H](O)[C@@H]1O. The van der Waals surface area contributed by atoms with Crippen LogP contribution in [-0.2, 0) is 4.74 Å². The molecule has 0 unspecified atom stereocenters. The first-order valence-electron chi connectivity index (χ1n) is 6.04. The highest BCUT2D eigenvalue weighted by Gasteiger charge is 2.41. The molecule has 1 aliphatic heterocycles. The summed E-state index contributed by atoms with van der Waals surface area (Å²) >= 11 is 0. The van der Waals surface area contributed by atoms with Gasteiger partial charge in [-0.1, -0.05) is 0 Å². The van der Waals surface area contributed by atoms with Gasteiger partial charge in [-0.2, -0.15) is 0 Å². The van der Waals surface area contributed by atoms with Crippen LogP contribution in [0.25, 0.3) is 0 Å². The molecule has 4 atom stereocenters. The van der Waals surface area contributed by atoms with Crippen molar-refractivity contribution in [3.05, 3.63) is 0 Å². The Morgan fingerprint density at radius 3 is 1.53 bits per heavy atom. The molecule has 0 amide bonds. The first-order valence-corrected chi connectivity index (χ1v) is 6.04. The Morgan fingerprint density at radius 1 is 0.842 bits per heavy atom. The number of aliphatic hydroxyl groups is 2. The summed E-state index contributed by atoms with van der Waals surface area (Å²) in [5, 5.41) is 19.7. The fourth-order valence-electron chi connectivity index (χ4n) is 1.94. The van der Waals surface area contributed by atoms with Crippen molar-refractivity contribution in [1.29, 1.82) is 0 Å². The molecule has 1 saturated heterocycles. The van der Waals surface area contributed by atoms with Gasteiger partial charge in [0.2, 0.25) is 0 Å². The zero-order chi connectivity index (χ0) is 14.4. The fourth-order valence-corrected chi connectivity index (χ4v) is 1.94. The maximum atomic E-state index is 9.83. The Balaban J connectivity index is 2.42. The molecular weight excluding hydrogens is 252 g/mol. The van der Waals surface area contributed by atoms with Gasteiger partial charge < -0.3 is 37.9 Å². The van der Waals surface area contributed by atoms with Crippen LogP contribution >= 0.6 is 0 Å². The molecule has 9 nitrogen and oxygen atoms in total. The summed E-state index contributed by atoms with van der Waals surface area (Å²) in [5.41, 5.74) is 20.8. The molecule has 1 heterocycles. The van der Waals surface area contributed by atoms with Crippen molar-refractivity contribution in [3.8, 4) is 0 Å². The van der Waals surface area contributed by atoms with Crippen LogP contribution in [0.5, 0.6) is 0 Å². The standard InChI is InChI=1S/C10H22N6O3/c11-9(12)15-3-1-5-7(17)8(18)6(19-5)2-4-16-10(13)14/h5-8,17-18H,1-4H2,(H4,11,12,15)(H4,13,14,16)/t5-,6-,7-,8-/m1/s1. The number of aliphatic imine (C=N–C) groups is 2. The van der Waals surface area contributed by atoms with Gasteiger partial charge in [0, 0.05) is 13.1 Å². The molecule has 0 radical (unpaired) electrons. The maximum Gasteiger partial charge on any atom is 0.185 e. The van der Waals surface area contributed by atoms with Gasteiger partial charge in [-0.15, -0.1) is 0 Å². The summed E-state index contributed by atoms with van der Waals surface area (Å²) in [6.45, 7) is 0.662. The average molecular weight is 274 g/mol. The zero-order valence-corrected chi connectivity index (χ0v) is 10.6. The molecule has 110 valence electrons. The summed E-state index contributed by atoms with van der Waals surface area (Å²) in [4.78, 5) is 7.61. The molecule has 1 fully saturated rings. The third kappa shape index (κ3) is 4.89. The van der Waals surface area contributed by atoms with Crippen LogP contribution in [0, 0.1) is 0 Å². The summed E-state index contributed by atoms with van der Waals surface area (Å²) in [6, 6.07) is 0. The van der Waals surface area contributed by atoms with Gasteiger partial charge in [0.25, 0.3) is 0 Å². The number of rotatable bonds is 6. The number of hydrogen-bond donors (Lipinski definition) is 6. The summed E-state index contributed by atoms with van der Waals surface area (Å²) in [7, 11) is 0. The lowest BCUT2D eigenvalue weighted by Crippen LogP contribution is -2.33. The largest absolute Gasteiger partial charge is 0.388 e. The van der Waals surface area contributed by atoms with Crippen molar-refractivity contribution in [2.75, 3.05) is 13.1 Å². The van der Waals surface area contributed by atoms with E-state index in [0.29, 0.717) is 25.9 Å². The van der Waals surface area contributed by atoms with E-state index in [0.717, 1.165) is 0 Å². The van der Waals surface area contributed by atoms with E-state index < -0.39 is 24.4 Å². The molecule has 9 heteroatoms. The van der Waals surface area contributed by atoms with E-state index in [9.17, 15) is 10.2 Å². The van der Waals surface area contributed by atoms with Gasteiger partial charge in [0.15, 0.2) is 11.9 Å². The average Bonchev–Trinajstić information content (AvgIpc) is 2.57. The smallest absolute Gasteiger partial charge is 0.185 e. The van der Waals surface area contributed by atoms with Crippen LogP contribution < -0.4 is 22.9 Å². The van der Waals surface area contributed by atoms with Crippen molar-refractivity contribution in [2.45, 2.75) is 37.3 Å². The molecule has 0 saturated carbocycles. The molecule has 19 heavy (non-hydrogen) atoms. The lowest BCUT2D eigenvalue weighted by atomic mass is 10.0. The molecule has 0 aromatic heterocycles. The van der Waals surface area contributed by atoms with Crippen LogP contribution in [0.1, 0.15) is 12.8 Å². The highest BCUT2D eigenvalue weighted by molar-refractivity contribution is 5.75. The lowest BCUT2D eigenvalue weighted by Gasteiger charge is -2.12. The molecule has 0 aliphatic carbocycles. The third-order valence-corrected chi connectivity index (χ3v) is 2.88. The molecule has 10 N–H and O–H groups in total. The van der Waals surface area contributed by atoms with E-state index in [2.05, 4.69) is 9.98 Å². The highest BCUT2D eigenvalue weighted by atomic mass is 16.5. The maximum absolute atomic E-state index is 9.83. The quantitative estimate of drug-likeness (QED) is 0.218. The number of aliphatic hydroxyl groups excluding tert-OH is 2. The zero-order valence-electron chi connectivity index (χ0n) is 10.6. The summed E-state index contributed by atoms with van der Waals surface area (Å²) in [5.74, 6) is -0.0327. The molecule has 1 aliphatic rings. The van der Waals surface area contributed by atoms with Crippen LogP contribution in [0.4, 0.5) is 0 Å². The molecular formula is C10H22N6O3. The van der Waals surface area contributed by atoms with Gasteiger partial charge in [0.1, 0.15) is 12.2 Å². The molecule has 0 spiro atoms. The lowest BCUT2D eigenvalue weighted by molar-refractivity contribution is 0.00307. The minimum atomic E-state index is -0.960. The van der Waals surface area contributed by atoms with Crippen molar-refractivity contribution in [3.63, 3.8) is 0 Å². The first kappa shape index (κ1) is 15.5. The fraction of sp³-hybridized carbons (Fsp3) is 0.800. The second kappa shape index (κ2) is 7.12. The van der Waals surface area contributed by atoms with Gasteiger partial charge in [-0.05, 0) is 12.8 Å². The van der Waals surface area contributed by atoms with Crippen molar-refractivity contribution >= 4 is 11.9 Å². The first-order chi connectivity index (χ1) is 8.91. The van der Waals surface area contributed by atoms with E-state index >= 15 is 0 Å². The topological polar surface area (TPSA) is 178 Å². The van der Waals surface area contributed by atoms with Crippen LogP contribution in [0.3, 0.4) is 0 Å². The van der Waals surface area contributed by atoms with Crippen molar-refractivity contribution in [1.82, 2.24) is 0 Å². The van der Waals surface area contributed by atoms with Gasteiger partial charge in [-0.25, -0.2) is 0 Å². The Bertz CT molecular complexity index is 308. The van der Waals surface area contributed by atoms with E-state index in [-0.39, 0.29) is 11.9 Å². The molecule has 0 bridgehead atoms. The third-order valence-electron chi connectivity index (χ3n) is 2.88. The Labute approximate surface area is 111 Å². The van der Waals surface area contributed by atoms with Gasteiger partial charge in [0.05, 0.1) is 12.2 Å². The minimum Gasteiger partial charge on any atom is -0.388 e. The molecule has 0 aromatic carbocycles. The van der Waals surface area contributed by atoms with Crippen molar-refractivity contribution in [2.24, 2.45) is 32.9 Å². The van der Waals surface area contributed by atoms with Gasteiger partial charge in [-0.3, -0.25) is 9.98 Å². The number of ether oxygens (including phenoxy) is 1. The van der Waals surface area contributed by atoms with Gasteiger partial charge >= 0.3 is 0 Å². The summed E-state index contributed by atoms with van der Waals surface area (Å²) < 4.78 is 5.55. The van der Waals surface area contributed by atoms with Crippen LogP contribution in [-0.4, -0.2) is 59.6 Å². The van der Waals surface area contributed by atoms with E-state index in [4.69, 9.17) is 27.7 Å². The van der Waals surface area contributed by atoms with Crippen LogP contribution in [0.2, 0.25) is 0 Å². The number of nitrogens with zero attached hydrogens (tertiary/aromatic N) is 2. The number of guanidine groups is 2. The number of hydrogen-bond acceptors (Lipinski definition) is 5. The summed E-state index contributed by atoms with van der Waals surface area (Å²) in [6.07, 6.45) is -2.06. The number of nitrogens with two attached hydrogens (primary N) is 4. The van der Waals surface area contributed by atoms with E-state index in [1.807, 2.05) is 0 Å². The molecule has 1 rings (SSSR count). The Kier molecular flexibility index (Phi) is 5.80. The normalized spacial score (nSPS) is 30.0. The second-order valence-corrected chi connectivity index (χ2v) is 4.38. The molecule has 0 aromatic rings. The Hall–Kier alpha value is -1.58. The van der Waals surface area contributed by atoms with Crippen LogP contribution in [0.15, 0.2) is 9.98 Å². The predicted octanol–water partition coefficient (Wildman–Crippen LogP) is -3.20.